The maximum atomic E-state index is 5.55. The Kier molecular flexibility index (Phi) is 3.76. The van der Waals surface area contributed by atoms with E-state index in [0.29, 0.717) is 12.0 Å². The van der Waals surface area contributed by atoms with Gasteiger partial charge in [-0.05, 0) is 32.3 Å². The molecule has 1 fully saturated rings. The molecule has 3 rings (SSSR count). The number of rotatable bonds is 4. The lowest BCUT2D eigenvalue weighted by atomic mass is 10.2. The molecule has 0 aliphatic heterocycles. The monoisotopic (exact) mass is 292 g/mol. The molecule has 0 bridgehead atoms. The first kappa shape index (κ1) is 13.6. The van der Waals surface area contributed by atoms with Crippen LogP contribution in [0.5, 0.6) is 0 Å². The van der Waals surface area contributed by atoms with Gasteiger partial charge in [0.2, 0.25) is 5.95 Å². The van der Waals surface area contributed by atoms with Crippen molar-refractivity contribution >= 4 is 33.3 Å². The Morgan fingerprint density at radius 3 is 2.95 bits per heavy atom. The van der Waals surface area contributed by atoms with Gasteiger partial charge in [-0.1, -0.05) is 0 Å². The van der Waals surface area contributed by atoms with Crippen molar-refractivity contribution in [1.29, 1.82) is 0 Å². The fourth-order valence-electron chi connectivity index (χ4n) is 2.81. The summed E-state index contributed by atoms with van der Waals surface area (Å²) in [4.78, 5) is 11.4. The zero-order valence-corrected chi connectivity index (χ0v) is 12.9. The van der Waals surface area contributed by atoms with E-state index in [2.05, 4.69) is 33.6 Å². The van der Waals surface area contributed by atoms with Crippen LogP contribution in [0.4, 0.5) is 11.8 Å². The molecule has 1 saturated carbocycles. The fourth-order valence-corrected chi connectivity index (χ4v) is 3.69. The SMILES string of the molecule is CNc1nc(NC2CCCC2OC)c2cc(C)sc2n1. The van der Waals surface area contributed by atoms with E-state index < -0.39 is 0 Å². The number of aromatic nitrogens is 2. The molecule has 1 aliphatic carbocycles. The Morgan fingerprint density at radius 2 is 2.20 bits per heavy atom. The van der Waals surface area contributed by atoms with Crippen molar-refractivity contribution in [2.45, 2.75) is 38.3 Å². The van der Waals surface area contributed by atoms with Gasteiger partial charge in [0.05, 0.1) is 17.5 Å². The van der Waals surface area contributed by atoms with Crippen molar-refractivity contribution in [2.75, 3.05) is 24.8 Å². The summed E-state index contributed by atoms with van der Waals surface area (Å²) in [6, 6.07) is 2.49. The van der Waals surface area contributed by atoms with Crippen LogP contribution in [-0.4, -0.2) is 36.3 Å². The van der Waals surface area contributed by atoms with Gasteiger partial charge in [0, 0.05) is 19.0 Å². The van der Waals surface area contributed by atoms with Gasteiger partial charge >= 0.3 is 0 Å². The van der Waals surface area contributed by atoms with Crippen molar-refractivity contribution in [3.8, 4) is 0 Å². The average Bonchev–Trinajstić information content (AvgIpc) is 3.03. The first-order valence-electron chi connectivity index (χ1n) is 6.96. The smallest absolute Gasteiger partial charge is 0.225 e. The third-order valence-corrected chi connectivity index (χ3v) is 4.76. The van der Waals surface area contributed by atoms with Gasteiger partial charge in [0.15, 0.2) is 0 Å². The summed E-state index contributed by atoms with van der Waals surface area (Å²) in [5.41, 5.74) is 0. The van der Waals surface area contributed by atoms with E-state index in [0.717, 1.165) is 28.9 Å². The largest absolute Gasteiger partial charge is 0.379 e. The van der Waals surface area contributed by atoms with E-state index in [1.807, 2.05) is 7.05 Å². The van der Waals surface area contributed by atoms with Crippen LogP contribution in [0.25, 0.3) is 10.2 Å². The fraction of sp³-hybridized carbons (Fsp3) is 0.571. The minimum absolute atomic E-state index is 0.276. The molecule has 0 radical (unpaired) electrons. The summed E-state index contributed by atoms with van der Waals surface area (Å²) in [6.07, 6.45) is 3.72. The number of nitrogens with zero attached hydrogens (tertiary/aromatic N) is 2. The number of ether oxygens (including phenoxy) is 1. The third kappa shape index (κ3) is 2.45. The van der Waals surface area contributed by atoms with E-state index in [1.54, 1.807) is 18.4 Å². The molecule has 0 amide bonds. The summed E-state index contributed by atoms with van der Waals surface area (Å²) >= 11 is 1.70. The number of nitrogens with one attached hydrogen (secondary N) is 2. The lowest BCUT2D eigenvalue weighted by molar-refractivity contribution is 0.101. The van der Waals surface area contributed by atoms with E-state index in [9.17, 15) is 0 Å². The topological polar surface area (TPSA) is 59.1 Å². The first-order chi connectivity index (χ1) is 9.71. The second kappa shape index (κ2) is 5.54. The van der Waals surface area contributed by atoms with Crippen LogP contribution in [0.2, 0.25) is 0 Å². The lowest BCUT2D eigenvalue weighted by Crippen LogP contribution is -2.30. The minimum Gasteiger partial charge on any atom is -0.379 e. The summed E-state index contributed by atoms with van der Waals surface area (Å²) in [5.74, 6) is 1.58. The summed E-state index contributed by atoms with van der Waals surface area (Å²) in [6.45, 7) is 2.10. The molecule has 2 N–H and O–H groups in total. The van der Waals surface area contributed by atoms with Crippen molar-refractivity contribution in [2.24, 2.45) is 0 Å². The average molecular weight is 292 g/mol. The maximum absolute atomic E-state index is 5.55. The van der Waals surface area contributed by atoms with Gasteiger partial charge in [-0.25, -0.2) is 4.98 Å². The highest BCUT2D eigenvalue weighted by atomic mass is 32.1. The molecule has 5 nitrogen and oxygen atoms in total. The number of methoxy groups -OCH3 is 1. The van der Waals surface area contributed by atoms with E-state index in [-0.39, 0.29) is 6.10 Å². The Balaban J connectivity index is 1.96. The molecule has 2 unspecified atom stereocenters. The van der Waals surface area contributed by atoms with E-state index >= 15 is 0 Å². The van der Waals surface area contributed by atoms with Crippen LogP contribution in [0.3, 0.4) is 0 Å². The number of fused-ring (bicyclic) bond motifs is 1. The summed E-state index contributed by atoms with van der Waals surface area (Å²) < 4.78 is 5.55. The van der Waals surface area contributed by atoms with Crippen molar-refractivity contribution in [1.82, 2.24) is 9.97 Å². The molecule has 2 aromatic rings. The normalized spacial score (nSPS) is 22.4. The molecule has 2 atom stereocenters. The van der Waals surface area contributed by atoms with Crippen molar-refractivity contribution in [3.63, 3.8) is 0 Å². The van der Waals surface area contributed by atoms with Crippen LogP contribution in [0.1, 0.15) is 24.1 Å². The summed E-state index contributed by atoms with van der Waals surface area (Å²) in [7, 11) is 3.63. The number of aryl methyl sites for hydroxylation is 1. The van der Waals surface area contributed by atoms with Gasteiger partial charge in [0.25, 0.3) is 0 Å². The minimum atomic E-state index is 0.276. The second-order valence-corrected chi connectivity index (χ2v) is 6.41. The highest BCUT2D eigenvalue weighted by Crippen LogP contribution is 2.32. The highest BCUT2D eigenvalue weighted by Gasteiger charge is 2.28. The van der Waals surface area contributed by atoms with Gasteiger partial charge in [-0.15, -0.1) is 11.3 Å². The zero-order valence-electron chi connectivity index (χ0n) is 12.1. The Hall–Kier alpha value is -1.40. The van der Waals surface area contributed by atoms with Crippen LogP contribution < -0.4 is 10.6 Å². The molecule has 0 aromatic carbocycles. The maximum Gasteiger partial charge on any atom is 0.225 e. The van der Waals surface area contributed by atoms with Gasteiger partial charge in [0.1, 0.15) is 10.6 Å². The number of hydrogen-bond acceptors (Lipinski definition) is 6. The van der Waals surface area contributed by atoms with E-state index in [1.165, 1.54) is 11.3 Å². The Labute approximate surface area is 122 Å². The number of thiophene rings is 1. The molecule has 0 saturated heterocycles. The molecule has 108 valence electrons. The van der Waals surface area contributed by atoms with Crippen LogP contribution in [0, 0.1) is 6.92 Å². The summed E-state index contributed by atoms with van der Waals surface area (Å²) in [5, 5.41) is 7.70. The Morgan fingerprint density at radius 1 is 1.35 bits per heavy atom. The van der Waals surface area contributed by atoms with Crippen LogP contribution in [-0.2, 0) is 4.74 Å². The van der Waals surface area contributed by atoms with Gasteiger partial charge in [-0.2, -0.15) is 4.98 Å². The molecule has 1 aliphatic rings. The van der Waals surface area contributed by atoms with Gasteiger partial charge < -0.3 is 15.4 Å². The van der Waals surface area contributed by atoms with E-state index in [4.69, 9.17) is 4.74 Å². The molecule has 2 heterocycles. The second-order valence-electron chi connectivity index (χ2n) is 5.18. The highest BCUT2D eigenvalue weighted by molar-refractivity contribution is 7.18. The van der Waals surface area contributed by atoms with Crippen molar-refractivity contribution < 1.29 is 4.74 Å². The first-order valence-corrected chi connectivity index (χ1v) is 7.78. The predicted octanol–water partition coefficient (Wildman–Crippen LogP) is 3.02. The van der Waals surface area contributed by atoms with Crippen LogP contribution >= 0.6 is 11.3 Å². The molecule has 0 spiro atoms. The number of hydrogen-bond donors (Lipinski definition) is 2. The van der Waals surface area contributed by atoms with Gasteiger partial charge in [-0.3, -0.25) is 0 Å². The molecule has 2 aromatic heterocycles. The molecular formula is C14H20N4OS. The molecule has 6 heteroatoms. The lowest BCUT2D eigenvalue weighted by Gasteiger charge is -2.20. The zero-order chi connectivity index (χ0) is 14.1. The van der Waals surface area contributed by atoms with Crippen LogP contribution in [0.15, 0.2) is 6.07 Å². The van der Waals surface area contributed by atoms with Crippen molar-refractivity contribution in [3.05, 3.63) is 10.9 Å². The Bertz CT molecular complexity index is 612. The number of anilines is 2. The quantitative estimate of drug-likeness (QED) is 0.907. The predicted molar refractivity (Wildman–Crippen MR) is 83.8 cm³/mol. The third-order valence-electron chi connectivity index (χ3n) is 3.82. The molecule has 20 heavy (non-hydrogen) atoms. The standard InChI is InChI=1S/C14H20N4OS/c1-8-7-9-12(16-10-5-4-6-11(10)19-3)17-14(15-2)18-13(9)20-8/h7,10-11H,4-6H2,1-3H3,(H2,15,16,17,18). The molecular weight excluding hydrogens is 272 g/mol.